The Morgan fingerprint density at radius 3 is 2.08 bits per heavy atom. The monoisotopic (exact) mass is 202 g/mol. The first-order valence-electron chi connectivity index (χ1n) is 5.03. The van der Waals surface area contributed by atoms with Crippen molar-refractivity contribution < 1.29 is 14.2 Å². The van der Waals surface area contributed by atoms with Gasteiger partial charge in [-0.1, -0.05) is 31.9 Å². The van der Waals surface area contributed by atoms with E-state index in [2.05, 4.69) is 12.6 Å². The van der Waals surface area contributed by atoms with Gasteiger partial charge in [0.1, 0.15) is 6.10 Å². The van der Waals surface area contributed by atoms with Crippen LogP contribution in [0.2, 0.25) is 0 Å². The van der Waals surface area contributed by atoms with Crippen LogP contribution in [0, 0.1) is 0 Å². The molecular formula is C9H14O3S. The van der Waals surface area contributed by atoms with Gasteiger partial charge >= 0.3 is 5.31 Å². The topological polar surface area (TPSA) is 27.7 Å². The first-order chi connectivity index (χ1) is 6.27. The van der Waals surface area contributed by atoms with Gasteiger partial charge in [-0.3, -0.25) is 0 Å². The summed E-state index contributed by atoms with van der Waals surface area (Å²) in [6, 6.07) is 0. The van der Waals surface area contributed by atoms with Crippen molar-refractivity contribution >= 4 is 12.6 Å². The largest absolute Gasteiger partial charge is 0.335 e. The number of thiol groups is 1. The second-order valence-corrected chi connectivity index (χ2v) is 4.60. The molecule has 0 aromatic carbocycles. The Morgan fingerprint density at radius 2 is 1.54 bits per heavy atom. The highest BCUT2D eigenvalue weighted by atomic mass is 32.1. The van der Waals surface area contributed by atoms with Gasteiger partial charge in [0.25, 0.3) is 0 Å². The molecule has 0 aromatic rings. The van der Waals surface area contributed by atoms with Gasteiger partial charge in [-0.05, 0) is 12.8 Å². The third-order valence-electron chi connectivity index (χ3n) is 3.10. The minimum Gasteiger partial charge on any atom is -0.313 e. The molecule has 0 spiro atoms. The Labute approximate surface area is 83.1 Å². The molecule has 0 aromatic heterocycles. The lowest BCUT2D eigenvalue weighted by atomic mass is 9.94. The van der Waals surface area contributed by atoms with Crippen LogP contribution in [0.5, 0.6) is 0 Å². The van der Waals surface area contributed by atoms with Gasteiger partial charge in [-0.2, -0.15) is 0 Å². The molecule has 13 heavy (non-hydrogen) atoms. The van der Waals surface area contributed by atoms with Crippen molar-refractivity contribution in [2.45, 2.75) is 55.7 Å². The molecule has 1 saturated carbocycles. The number of rotatable bonds is 0. The number of fused-ring (bicyclic) bond motifs is 1. The van der Waals surface area contributed by atoms with Gasteiger partial charge in [0.05, 0.1) is 12.2 Å². The third-order valence-corrected chi connectivity index (χ3v) is 3.41. The first kappa shape index (κ1) is 8.53. The van der Waals surface area contributed by atoms with Gasteiger partial charge in [-0.15, -0.1) is 0 Å². The fourth-order valence-corrected chi connectivity index (χ4v) is 2.87. The van der Waals surface area contributed by atoms with Gasteiger partial charge < -0.3 is 14.2 Å². The van der Waals surface area contributed by atoms with E-state index in [0.717, 1.165) is 12.8 Å². The Kier molecular flexibility index (Phi) is 1.88. The molecule has 0 radical (unpaired) electrons. The Hall–Kier alpha value is 0.230. The maximum atomic E-state index is 5.58. The molecule has 3 rings (SSSR count). The molecule has 0 amide bonds. The van der Waals surface area contributed by atoms with Crippen molar-refractivity contribution in [2.75, 3.05) is 0 Å². The zero-order chi connectivity index (χ0) is 8.89. The summed E-state index contributed by atoms with van der Waals surface area (Å²) in [6.07, 6.45) is 6.51. The highest BCUT2D eigenvalue weighted by Crippen LogP contribution is 2.46. The van der Waals surface area contributed by atoms with Crippen molar-refractivity contribution in [3.05, 3.63) is 0 Å². The quantitative estimate of drug-likeness (QED) is 0.606. The second kappa shape index (κ2) is 2.86. The SMILES string of the molecule is SC12OC3CCCCC[C@@H](O1)C3O2. The van der Waals surface area contributed by atoms with Crippen molar-refractivity contribution in [2.24, 2.45) is 0 Å². The smallest absolute Gasteiger partial charge is 0.313 e. The Morgan fingerprint density at radius 1 is 0.923 bits per heavy atom. The van der Waals surface area contributed by atoms with E-state index in [1.807, 2.05) is 0 Å². The van der Waals surface area contributed by atoms with Gasteiger partial charge in [-0.25, -0.2) is 0 Å². The standard InChI is InChI=1S/C9H14O3S/c13-9-10-6-4-2-1-3-5-7(11-9)8(6)12-9/h6-8,13H,1-5H2/t6-,7?,8?,9?/m1/s1. The molecule has 2 aliphatic heterocycles. The molecular weight excluding hydrogens is 188 g/mol. The van der Waals surface area contributed by atoms with E-state index < -0.39 is 5.31 Å². The molecule has 74 valence electrons. The summed E-state index contributed by atoms with van der Waals surface area (Å²) in [5.41, 5.74) is 0. The van der Waals surface area contributed by atoms with E-state index in [1.165, 1.54) is 19.3 Å². The fourth-order valence-electron chi connectivity index (χ4n) is 2.48. The van der Waals surface area contributed by atoms with Crippen LogP contribution in [-0.2, 0) is 14.2 Å². The minimum atomic E-state index is -1.02. The van der Waals surface area contributed by atoms with E-state index >= 15 is 0 Å². The molecule has 2 heterocycles. The van der Waals surface area contributed by atoms with Crippen molar-refractivity contribution in [3.8, 4) is 0 Å². The van der Waals surface area contributed by atoms with Crippen LogP contribution >= 0.6 is 12.6 Å². The average molecular weight is 202 g/mol. The maximum absolute atomic E-state index is 5.58. The van der Waals surface area contributed by atoms with Gasteiger partial charge in [0.2, 0.25) is 0 Å². The predicted molar refractivity (Wildman–Crippen MR) is 49.4 cm³/mol. The fraction of sp³-hybridized carbons (Fsp3) is 1.00. The van der Waals surface area contributed by atoms with Crippen LogP contribution in [0.15, 0.2) is 0 Å². The summed E-state index contributed by atoms with van der Waals surface area (Å²) in [5, 5.41) is -1.02. The second-order valence-electron chi connectivity index (χ2n) is 4.06. The lowest BCUT2D eigenvalue weighted by molar-refractivity contribution is -0.255. The van der Waals surface area contributed by atoms with E-state index in [9.17, 15) is 0 Å². The van der Waals surface area contributed by atoms with Crippen LogP contribution in [0.3, 0.4) is 0 Å². The summed E-state index contributed by atoms with van der Waals surface area (Å²) in [6.45, 7) is 0. The first-order valence-corrected chi connectivity index (χ1v) is 5.47. The molecule has 3 fully saturated rings. The van der Waals surface area contributed by atoms with Gasteiger partial charge in [0, 0.05) is 0 Å². The van der Waals surface area contributed by atoms with Crippen LogP contribution < -0.4 is 0 Å². The lowest BCUT2D eigenvalue weighted by Gasteiger charge is -2.30. The lowest BCUT2D eigenvalue weighted by Crippen LogP contribution is -2.41. The summed E-state index contributed by atoms with van der Waals surface area (Å²) in [7, 11) is 0. The van der Waals surface area contributed by atoms with Crippen LogP contribution in [-0.4, -0.2) is 23.6 Å². The molecule has 1 aliphatic carbocycles. The van der Waals surface area contributed by atoms with E-state index in [0.29, 0.717) is 0 Å². The van der Waals surface area contributed by atoms with Crippen molar-refractivity contribution in [1.29, 1.82) is 0 Å². The van der Waals surface area contributed by atoms with Crippen LogP contribution in [0.1, 0.15) is 32.1 Å². The zero-order valence-corrected chi connectivity index (χ0v) is 8.33. The summed E-state index contributed by atoms with van der Waals surface area (Å²) in [4.78, 5) is 0. The molecule has 4 atom stereocenters. The predicted octanol–water partition coefficient (Wildman–Crippen LogP) is 1.67. The molecule has 2 bridgehead atoms. The molecule has 3 nitrogen and oxygen atoms in total. The van der Waals surface area contributed by atoms with Crippen molar-refractivity contribution in [1.82, 2.24) is 0 Å². The maximum Gasteiger partial charge on any atom is 0.335 e. The average Bonchev–Trinajstić information content (AvgIpc) is 2.54. The van der Waals surface area contributed by atoms with E-state index in [4.69, 9.17) is 14.2 Å². The normalized spacial score (nSPS) is 54.7. The molecule has 0 N–H and O–H groups in total. The zero-order valence-electron chi connectivity index (χ0n) is 7.44. The summed E-state index contributed by atoms with van der Waals surface area (Å²) in [5.74, 6) is 0. The van der Waals surface area contributed by atoms with E-state index in [-0.39, 0.29) is 18.3 Å². The minimum absolute atomic E-state index is 0.137. The van der Waals surface area contributed by atoms with Crippen LogP contribution in [0.25, 0.3) is 0 Å². The molecule has 3 unspecified atom stereocenters. The van der Waals surface area contributed by atoms with Crippen molar-refractivity contribution in [3.63, 3.8) is 0 Å². The molecule has 4 heteroatoms. The molecule has 2 saturated heterocycles. The Bertz CT molecular complexity index is 199. The summed E-state index contributed by atoms with van der Waals surface area (Å²) >= 11 is 4.25. The highest BCUT2D eigenvalue weighted by molar-refractivity contribution is 7.81. The molecule has 3 aliphatic rings. The van der Waals surface area contributed by atoms with E-state index in [1.54, 1.807) is 0 Å². The number of ether oxygens (including phenoxy) is 3. The van der Waals surface area contributed by atoms with Crippen LogP contribution in [0.4, 0.5) is 0 Å². The third kappa shape index (κ3) is 1.31. The summed E-state index contributed by atoms with van der Waals surface area (Å²) < 4.78 is 16.7. The highest BCUT2D eigenvalue weighted by Gasteiger charge is 2.58. The Balaban J connectivity index is 1.83. The number of hydrogen-bond acceptors (Lipinski definition) is 4. The number of hydrogen-bond donors (Lipinski definition) is 1. The van der Waals surface area contributed by atoms with Gasteiger partial charge in [0.15, 0.2) is 0 Å².